The van der Waals surface area contributed by atoms with Crippen LogP contribution in [0.2, 0.25) is 5.02 Å². The van der Waals surface area contributed by atoms with Crippen molar-refractivity contribution < 1.29 is 0 Å². The lowest BCUT2D eigenvalue weighted by Crippen LogP contribution is -2.24. The van der Waals surface area contributed by atoms with Gasteiger partial charge in [0, 0.05) is 11.1 Å². The van der Waals surface area contributed by atoms with E-state index in [1.807, 2.05) is 6.07 Å². The Morgan fingerprint density at radius 1 is 1.10 bits per heavy atom. The van der Waals surface area contributed by atoms with Crippen molar-refractivity contribution in [1.29, 1.82) is 0 Å². The summed E-state index contributed by atoms with van der Waals surface area (Å²) >= 11 is 6.43. The smallest absolute Gasteiger partial charge is 0.0456 e. The SMILES string of the molecule is CCCNC(Cc1ccccc1)c1ccc(C)cc1Cl. The van der Waals surface area contributed by atoms with Crippen LogP contribution in [0.1, 0.15) is 36.1 Å². The van der Waals surface area contributed by atoms with Gasteiger partial charge in [0.15, 0.2) is 0 Å². The Balaban J connectivity index is 2.22. The third-order valence-corrected chi connectivity index (χ3v) is 3.78. The normalized spacial score (nSPS) is 12.3. The lowest BCUT2D eigenvalue weighted by Gasteiger charge is -2.20. The molecular formula is C18H22ClN. The molecule has 1 atom stereocenters. The van der Waals surface area contributed by atoms with Gasteiger partial charge in [0.25, 0.3) is 0 Å². The van der Waals surface area contributed by atoms with Crippen molar-refractivity contribution in [1.82, 2.24) is 5.32 Å². The zero-order valence-electron chi connectivity index (χ0n) is 12.2. The van der Waals surface area contributed by atoms with E-state index in [0.29, 0.717) is 0 Å². The zero-order chi connectivity index (χ0) is 14.4. The van der Waals surface area contributed by atoms with Gasteiger partial charge in [-0.2, -0.15) is 0 Å². The average Bonchev–Trinajstić information content (AvgIpc) is 2.45. The number of nitrogens with one attached hydrogen (secondary N) is 1. The van der Waals surface area contributed by atoms with Crippen molar-refractivity contribution in [2.75, 3.05) is 6.54 Å². The van der Waals surface area contributed by atoms with Gasteiger partial charge in [0.05, 0.1) is 0 Å². The van der Waals surface area contributed by atoms with E-state index in [2.05, 4.69) is 61.6 Å². The van der Waals surface area contributed by atoms with Crippen molar-refractivity contribution >= 4 is 11.6 Å². The van der Waals surface area contributed by atoms with Crippen LogP contribution in [0.15, 0.2) is 48.5 Å². The topological polar surface area (TPSA) is 12.0 Å². The van der Waals surface area contributed by atoms with Crippen molar-refractivity contribution in [3.63, 3.8) is 0 Å². The van der Waals surface area contributed by atoms with Crippen LogP contribution in [0.3, 0.4) is 0 Å². The number of rotatable bonds is 6. The molecule has 0 amide bonds. The molecule has 1 nitrogen and oxygen atoms in total. The second kappa shape index (κ2) is 7.47. The Kier molecular flexibility index (Phi) is 5.63. The van der Waals surface area contributed by atoms with Gasteiger partial charge in [-0.1, -0.05) is 61.0 Å². The number of halogens is 1. The van der Waals surface area contributed by atoms with Crippen LogP contribution in [-0.2, 0) is 6.42 Å². The van der Waals surface area contributed by atoms with Crippen molar-refractivity contribution in [3.8, 4) is 0 Å². The van der Waals surface area contributed by atoms with Crippen molar-refractivity contribution in [2.45, 2.75) is 32.7 Å². The van der Waals surface area contributed by atoms with Crippen molar-refractivity contribution in [3.05, 3.63) is 70.2 Å². The Bertz CT molecular complexity index is 536. The first-order valence-corrected chi connectivity index (χ1v) is 7.62. The van der Waals surface area contributed by atoms with Crippen LogP contribution < -0.4 is 5.32 Å². The molecule has 0 saturated carbocycles. The van der Waals surface area contributed by atoms with Crippen LogP contribution in [0.4, 0.5) is 0 Å². The molecule has 0 heterocycles. The van der Waals surface area contributed by atoms with Gasteiger partial charge in [-0.3, -0.25) is 0 Å². The summed E-state index contributed by atoms with van der Waals surface area (Å²) in [4.78, 5) is 0. The lowest BCUT2D eigenvalue weighted by molar-refractivity contribution is 0.529. The maximum absolute atomic E-state index is 6.43. The highest BCUT2D eigenvalue weighted by molar-refractivity contribution is 6.31. The molecule has 2 aromatic carbocycles. The first kappa shape index (κ1) is 15.1. The van der Waals surface area contributed by atoms with E-state index in [1.54, 1.807) is 0 Å². The molecule has 0 radical (unpaired) electrons. The lowest BCUT2D eigenvalue weighted by atomic mass is 9.98. The van der Waals surface area contributed by atoms with E-state index in [1.165, 1.54) is 16.7 Å². The van der Waals surface area contributed by atoms with Gasteiger partial charge in [-0.25, -0.2) is 0 Å². The summed E-state index contributed by atoms with van der Waals surface area (Å²) in [6, 6.07) is 17.2. The fraction of sp³-hybridized carbons (Fsp3) is 0.333. The molecule has 0 aliphatic rings. The molecule has 1 N–H and O–H groups in total. The Hall–Kier alpha value is -1.31. The molecule has 1 unspecified atom stereocenters. The molecule has 0 fully saturated rings. The number of aryl methyl sites for hydroxylation is 1. The van der Waals surface area contributed by atoms with Gasteiger partial charge in [-0.05, 0) is 49.1 Å². The molecule has 0 aliphatic carbocycles. The summed E-state index contributed by atoms with van der Waals surface area (Å²) in [5, 5.41) is 4.47. The van der Waals surface area contributed by atoms with E-state index >= 15 is 0 Å². The first-order chi connectivity index (χ1) is 9.70. The van der Waals surface area contributed by atoms with Crippen LogP contribution in [0.5, 0.6) is 0 Å². The molecule has 0 aliphatic heterocycles. The van der Waals surface area contributed by atoms with Gasteiger partial charge in [0.2, 0.25) is 0 Å². The maximum Gasteiger partial charge on any atom is 0.0456 e. The average molecular weight is 288 g/mol. The van der Waals surface area contributed by atoms with E-state index < -0.39 is 0 Å². The molecule has 0 saturated heterocycles. The summed E-state index contributed by atoms with van der Waals surface area (Å²) in [7, 11) is 0. The minimum absolute atomic E-state index is 0.269. The summed E-state index contributed by atoms with van der Waals surface area (Å²) in [6.07, 6.45) is 2.08. The van der Waals surface area contributed by atoms with Gasteiger partial charge < -0.3 is 5.32 Å². The summed E-state index contributed by atoms with van der Waals surface area (Å²) in [5.41, 5.74) is 3.72. The first-order valence-electron chi connectivity index (χ1n) is 7.24. The molecule has 20 heavy (non-hydrogen) atoms. The molecule has 0 bridgehead atoms. The monoisotopic (exact) mass is 287 g/mol. The highest BCUT2D eigenvalue weighted by Gasteiger charge is 2.14. The van der Waals surface area contributed by atoms with E-state index in [4.69, 9.17) is 11.6 Å². The zero-order valence-corrected chi connectivity index (χ0v) is 13.0. The predicted molar refractivity (Wildman–Crippen MR) is 87.4 cm³/mol. The third kappa shape index (κ3) is 4.09. The fourth-order valence-corrected chi connectivity index (χ4v) is 2.74. The second-order valence-electron chi connectivity index (χ2n) is 5.22. The summed E-state index contributed by atoms with van der Waals surface area (Å²) in [5.74, 6) is 0. The van der Waals surface area contributed by atoms with E-state index in [0.717, 1.165) is 24.4 Å². The molecule has 0 spiro atoms. The highest BCUT2D eigenvalue weighted by atomic mass is 35.5. The Labute approximate surface area is 127 Å². The van der Waals surface area contributed by atoms with Crippen LogP contribution >= 0.6 is 11.6 Å². The Morgan fingerprint density at radius 3 is 2.50 bits per heavy atom. The minimum Gasteiger partial charge on any atom is -0.310 e. The van der Waals surface area contributed by atoms with E-state index in [9.17, 15) is 0 Å². The highest BCUT2D eigenvalue weighted by Crippen LogP contribution is 2.26. The van der Waals surface area contributed by atoms with Crippen LogP contribution in [0, 0.1) is 6.92 Å². The largest absolute Gasteiger partial charge is 0.310 e. The number of benzene rings is 2. The predicted octanol–water partition coefficient (Wildman–Crippen LogP) is 4.93. The van der Waals surface area contributed by atoms with E-state index in [-0.39, 0.29) is 6.04 Å². The van der Waals surface area contributed by atoms with Crippen LogP contribution in [-0.4, -0.2) is 6.54 Å². The van der Waals surface area contributed by atoms with Crippen molar-refractivity contribution in [2.24, 2.45) is 0 Å². The van der Waals surface area contributed by atoms with Gasteiger partial charge in [-0.15, -0.1) is 0 Å². The number of hydrogen-bond donors (Lipinski definition) is 1. The quantitative estimate of drug-likeness (QED) is 0.794. The molecule has 2 heteroatoms. The molecule has 106 valence electrons. The second-order valence-corrected chi connectivity index (χ2v) is 5.63. The fourth-order valence-electron chi connectivity index (χ4n) is 2.38. The third-order valence-electron chi connectivity index (χ3n) is 3.45. The standard InChI is InChI=1S/C18H22ClN/c1-3-11-20-18(13-15-7-5-4-6-8-15)16-10-9-14(2)12-17(16)19/h4-10,12,18,20H,3,11,13H2,1-2H3. The molecule has 2 rings (SSSR count). The molecule has 2 aromatic rings. The summed E-state index contributed by atoms with van der Waals surface area (Å²) < 4.78 is 0. The minimum atomic E-state index is 0.269. The summed E-state index contributed by atoms with van der Waals surface area (Å²) in [6.45, 7) is 5.26. The maximum atomic E-state index is 6.43. The molecular weight excluding hydrogens is 266 g/mol. The van der Waals surface area contributed by atoms with Gasteiger partial charge in [0.1, 0.15) is 0 Å². The number of hydrogen-bond acceptors (Lipinski definition) is 1. The molecule has 0 aromatic heterocycles. The Morgan fingerprint density at radius 2 is 1.85 bits per heavy atom. The van der Waals surface area contributed by atoms with Crippen LogP contribution in [0.25, 0.3) is 0 Å². The van der Waals surface area contributed by atoms with Gasteiger partial charge >= 0.3 is 0 Å².